The van der Waals surface area contributed by atoms with Gasteiger partial charge in [0.15, 0.2) is 0 Å². The van der Waals surface area contributed by atoms with E-state index >= 15 is 0 Å². The fourth-order valence-corrected chi connectivity index (χ4v) is 1.57. The standard InChI is InChI=1S/C12H19/c1-3-5-7-12-9-8-11(10-12)6-4-2/h10H,3-7,9H2,1-2H3. The van der Waals surface area contributed by atoms with Gasteiger partial charge < -0.3 is 0 Å². The number of allylic oxidation sites excluding steroid dienone is 4. The van der Waals surface area contributed by atoms with Gasteiger partial charge >= 0.3 is 0 Å². The van der Waals surface area contributed by atoms with Crippen molar-refractivity contribution in [3.63, 3.8) is 0 Å². The average Bonchev–Trinajstić information content (AvgIpc) is 2.50. The van der Waals surface area contributed by atoms with Gasteiger partial charge in [-0.25, -0.2) is 0 Å². The maximum atomic E-state index is 3.44. The first-order chi connectivity index (χ1) is 5.86. The van der Waals surface area contributed by atoms with Crippen LogP contribution in [0.3, 0.4) is 0 Å². The third-order valence-electron chi connectivity index (χ3n) is 2.29. The van der Waals surface area contributed by atoms with Crippen LogP contribution < -0.4 is 0 Å². The van der Waals surface area contributed by atoms with Crippen LogP contribution >= 0.6 is 0 Å². The van der Waals surface area contributed by atoms with Crippen molar-refractivity contribution in [2.24, 2.45) is 0 Å². The molecule has 12 heavy (non-hydrogen) atoms. The molecule has 0 nitrogen and oxygen atoms in total. The van der Waals surface area contributed by atoms with Crippen molar-refractivity contribution < 1.29 is 0 Å². The normalized spacial score (nSPS) is 16.2. The quantitative estimate of drug-likeness (QED) is 0.574. The van der Waals surface area contributed by atoms with Crippen LogP contribution in [-0.4, -0.2) is 0 Å². The summed E-state index contributed by atoms with van der Waals surface area (Å²) in [4.78, 5) is 0. The maximum absolute atomic E-state index is 3.44. The van der Waals surface area contributed by atoms with Crippen molar-refractivity contribution in [2.45, 2.75) is 52.4 Å². The Balaban J connectivity index is 2.28. The summed E-state index contributed by atoms with van der Waals surface area (Å²) in [6.45, 7) is 4.48. The highest BCUT2D eigenvalue weighted by Gasteiger charge is 2.05. The molecule has 0 saturated heterocycles. The SMILES string of the molecule is CCCCC1=CC(CCC)=[C]C1. The Morgan fingerprint density at radius 1 is 1.25 bits per heavy atom. The molecule has 1 radical (unpaired) electrons. The second-order valence-electron chi connectivity index (χ2n) is 3.53. The topological polar surface area (TPSA) is 0 Å². The smallest absolute Gasteiger partial charge is 0.00582 e. The molecule has 0 atom stereocenters. The van der Waals surface area contributed by atoms with Crippen LogP contribution in [0.1, 0.15) is 52.4 Å². The highest BCUT2D eigenvalue weighted by molar-refractivity contribution is 5.29. The van der Waals surface area contributed by atoms with Crippen LogP contribution in [0, 0.1) is 6.08 Å². The van der Waals surface area contributed by atoms with Crippen LogP contribution in [0.5, 0.6) is 0 Å². The van der Waals surface area contributed by atoms with E-state index in [0.717, 1.165) is 6.42 Å². The largest absolute Gasteiger partial charge is 0.0655 e. The van der Waals surface area contributed by atoms with E-state index in [4.69, 9.17) is 0 Å². The Morgan fingerprint density at radius 2 is 2.08 bits per heavy atom. The summed E-state index contributed by atoms with van der Waals surface area (Å²) in [5, 5.41) is 0. The van der Waals surface area contributed by atoms with Crippen molar-refractivity contribution in [2.75, 3.05) is 0 Å². The minimum Gasteiger partial charge on any atom is -0.0655 e. The summed E-state index contributed by atoms with van der Waals surface area (Å²) in [7, 11) is 0. The summed E-state index contributed by atoms with van der Waals surface area (Å²) >= 11 is 0. The fourth-order valence-electron chi connectivity index (χ4n) is 1.57. The Morgan fingerprint density at radius 3 is 2.75 bits per heavy atom. The zero-order chi connectivity index (χ0) is 8.81. The van der Waals surface area contributed by atoms with E-state index in [1.807, 2.05) is 0 Å². The third-order valence-corrected chi connectivity index (χ3v) is 2.29. The number of rotatable bonds is 5. The first-order valence-electron chi connectivity index (χ1n) is 5.16. The molecule has 0 fully saturated rings. The summed E-state index contributed by atoms with van der Waals surface area (Å²) < 4.78 is 0. The third kappa shape index (κ3) is 2.84. The Labute approximate surface area is 76.4 Å². The van der Waals surface area contributed by atoms with Gasteiger partial charge in [0.25, 0.3) is 0 Å². The first-order valence-corrected chi connectivity index (χ1v) is 5.16. The van der Waals surface area contributed by atoms with Gasteiger partial charge in [-0.05, 0) is 37.3 Å². The lowest BCUT2D eigenvalue weighted by Gasteiger charge is -1.97. The molecule has 0 N–H and O–H groups in total. The number of hydrogen-bond acceptors (Lipinski definition) is 0. The van der Waals surface area contributed by atoms with Crippen LogP contribution in [0.2, 0.25) is 0 Å². The summed E-state index contributed by atoms with van der Waals surface area (Å²) in [5.41, 5.74) is 3.05. The lowest BCUT2D eigenvalue weighted by molar-refractivity contribution is 0.777. The van der Waals surface area contributed by atoms with E-state index < -0.39 is 0 Å². The molecule has 0 spiro atoms. The van der Waals surface area contributed by atoms with Crippen molar-refractivity contribution in [1.82, 2.24) is 0 Å². The average molecular weight is 163 g/mol. The second-order valence-corrected chi connectivity index (χ2v) is 3.53. The molecule has 0 bridgehead atoms. The lowest BCUT2D eigenvalue weighted by atomic mass is 10.1. The molecule has 67 valence electrons. The molecule has 1 aliphatic rings. The highest BCUT2D eigenvalue weighted by atomic mass is 14.1. The van der Waals surface area contributed by atoms with E-state index in [1.165, 1.54) is 37.7 Å². The van der Waals surface area contributed by atoms with Crippen molar-refractivity contribution in [1.29, 1.82) is 0 Å². The molecule has 0 heteroatoms. The van der Waals surface area contributed by atoms with Crippen molar-refractivity contribution >= 4 is 0 Å². The first kappa shape index (κ1) is 9.57. The van der Waals surface area contributed by atoms with E-state index in [2.05, 4.69) is 26.0 Å². The van der Waals surface area contributed by atoms with Gasteiger partial charge in [-0.15, -0.1) is 0 Å². The van der Waals surface area contributed by atoms with Gasteiger partial charge in [0, 0.05) is 0 Å². The molecule has 1 rings (SSSR count). The lowest BCUT2D eigenvalue weighted by Crippen LogP contribution is -1.78. The minimum atomic E-state index is 1.11. The molecule has 1 aliphatic carbocycles. The predicted octanol–water partition coefficient (Wildman–Crippen LogP) is 4.04. The van der Waals surface area contributed by atoms with Gasteiger partial charge in [0.1, 0.15) is 0 Å². The van der Waals surface area contributed by atoms with E-state index in [1.54, 1.807) is 5.57 Å². The molecular formula is C12H19. The van der Waals surface area contributed by atoms with Crippen LogP contribution in [0.15, 0.2) is 17.2 Å². The maximum Gasteiger partial charge on any atom is -0.00582 e. The molecule has 0 saturated carbocycles. The van der Waals surface area contributed by atoms with Gasteiger partial charge in [0.05, 0.1) is 0 Å². The second kappa shape index (κ2) is 5.18. The highest BCUT2D eigenvalue weighted by Crippen LogP contribution is 2.23. The van der Waals surface area contributed by atoms with Crippen LogP contribution in [0.25, 0.3) is 0 Å². The summed E-state index contributed by atoms with van der Waals surface area (Å²) in [6.07, 6.45) is 13.3. The molecule has 0 aromatic carbocycles. The van der Waals surface area contributed by atoms with E-state index in [0.29, 0.717) is 0 Å². The molecule has 0 aromatic rings. The molecule has 0 unspecified atom stereocenters. The molecular weight excluding hydrogens is 144 g/mol. The molecule has 0 heterocycles. The number of unbranched alkanes of at least 4 members (excludes halogenated alkanes) is 1. The Bertz CT molecular complexity index is 184. The molecule has 0 aliphatic heterocycles. The van der Waals surface area contributed by atoms with Crippen LogP contribution in [-0.2, 0) is 0 Å². The monoisotopic (exact) mass is 163 g/mol. The van der Waals surface area contributed by atoms with Crippen LogP contribution in [0.4, 0.5) is 0 Å². The van der Waals surface area contributed by atoms with Gasteiger partial charge in [-0.1, -0.05) is 38.3 Å². The Kier molecular flexibility index (Phi) is 4.13. The van der Waals surface area contributed by atoms with Gasteiger partial charge in [0.2, 0.25) is 0 Å². The van der Waals surface area contributed by atoms with E-state index in [9.17, 15) is 0 Å². The zero-order valence-corrected chi connectivity index (χ0v) is 8.32. The Hall–Kier alpha value is -0.520. The molecule has 0 aromatic heterocycles. The van der Waals surface area contributed by atoms with E-state index in [-0.39, 0.29) is 0 Å². The summed E-state index contributed by atoms with van der Waals surface area (Å²) in [6, 6.07) is 0. The number of hydrogen-bond donors (Lipinski definition) is 0. The van der Waals surface area contributed by atoms with Crippen molar-refractivity contribution in [3.8, 4) is 0 Å². The fraction of sp³-hybridized carbons (Fsp3) is 0.667. The van der Waals surface area contributed by atoms with Gasteiger partial charge in [-0.2, -0.15) is 0 Å². The zero-order valence-electron chi connectivity index (χ0n) is 8.32. The van der Waals surface area contributed by atoms with Gasteiger partial charge in [-0.3, -0.25) is 0 Å². The minimum absolute atomic E-state index is 1.11. The predicted molar refractivity (Wildman–Crippen MR) is 53.9 cm³/mol. The van der Waals surface area contributed by atoms with Crippen molar-refractivity contribution in [3.05, 3.63) is 23.3 Å². The summed E-state index contributed by atoms with van der Waals surface area (Å²) in [5.74, 6) is 0. The molecule has 0 amide bonds.